The van der Waals surface area contributed by atoms with Gasteiger partial charge in [0.15, 0.2) is 0 Å². The predicted octanol–water partition coefficient (Wildman–Crippen LogP) is 10.9. The molecule has 9 nitrogen and oxygen atoms in total. The molecule has 4 aromatic rings. The summed E-state index contributed by atoms with van der Waals surface area (Å²) in [6, 6.07) is 3.48. The molecular weight excluding hydrogens is 691 g/mol. The number of ether oxygens (including phenoxy) is 2. The second-order valence-electron chi connectivity index (χ2n) is 15.1. The molecule has 52 heavy (non-hydrogen) atoms. The summed E-state index contributed by atoms with van der Waals surface area (Å²) in [6.45, 7) is 28.8. The molecule has 4 rings (SSSR count). The Morgan fingerprint density at radius 2 is 1.52 bits per heavy atom. The van der Waals surface area contributed by atoms with Crippen LogP contribution in [-0.2, 0) is 9.47 Å². The van der Waals surface area contributed by atoms with Crippen molar-refractivity contribution < 1.29 is 19.1 Å². The average Bonchev–Trinajstić information content (AvgIpc) is 3.82. The average molecular weight is 746 g/mol. The van der Waals surface area contributed by atoms with Crippen LogP contribution < -0.4 is 5.32 Å². The molecular formula is C41H55N5O4S2. The topological polar surface area (TPSA) is 99.8 Å². The number of hydrogen-bond donors (Lipinski definition) is 2. The Hall–Kier alpha value is -4.27. The molecule has 0 fully saturated rings. The molecule has 0 saturated carbocycles. The van der Waals surface area contributed by atoms with Crippen molar-refractivity contribution in [1.29, 1.82) is 0 Å². The molecule has 2 atom stereocenters. The number of nitrogens with one attached hydrogen (secondary N) is 2. The largest absolute Gasteiger partial charge is 0.444 e. The summed E-state index contributed by atoms with van der Waals surface area (Å²) < 4.78 is 13.8. The molecule has 0 bridgehead atoms. The molecule has 0 aliphatic rings. The van der Waals surface area contributed by atoms with Gasteiger partial charge in [-0.15, -0.1) is 29.1 Å². The van der Waals surface area contributed by atoms with Gasteiger partial charge in [0.05, 0.1) is 33.4 Å². The SMILES string of the molecule is C#C[C@@H](C(=C)N/C(=C\C)c1cc2c(C)c3sc(-c4cnc([C@H](C)N(CCC)C(=O)OC(C)(C)C)[nH]4)cc3c(C)c2s1)N(CCC)C(=O)OC(C)(C)C. The highest BCUT2D eigenvalue weighted by Crippen LogP contribution is 2.44. The van der Waals surface area contributed by atoms with Gasteiger partial charge in [-0.1, -0.05) is 32.4 Å². The first kappa shape index (κ1) is 40.5. The fourth-order valence-corrected chi connectivity index (χ4v) is 8.47. The highest BCUT2D eigenvalue weighted by atomic mass is 32.1. The van der Waals surface area contributed by atoms with E-state index in [0.717, 1.165) is 39.8 Å². The Morgan fingerprint density at radius 3 is 2.06 bits per heavy atom. The van der Waals surface area contributed by atoms with E-state index in [2.05, 4.69) is 48.8 Å². The van der Waals surface area contributed by atoms with E-state index in [-0.39, 0.29) is 12.1 Å². The van der Waals surface area contributed by atoms with Crippen molar-refractivity contribution in [2.75, 3.05) is 13.1 Å². The summed E-state index contributed by atoms with van der Waals surface area (Å²) in [5.41, 5.74) is 3.50. The van der Waals surface area contributed by atoms with Crippen LogP contribution in [0, 0.1) is 26.2 Å². The number of benzene rings is 1. The van der Waals surface area contributed by atoms with Gasteiger partial charge in [0.25, 0.3) is 0 Å². The van der Waals surface area contributed by atoms with Crippen LogP contribution >= 0.6 is 22.7 Å². The number of imidazole rings is 1. The number of fused-ring (bicyclic) bond motifs is 2. The second-order valence-corrected chi connectivity index (χ2v) is 17.2. The number of H-pyrrole nitrogens is 1. The molecule has 2 N–H and O–H groups in total. The first-order chi connectivity index (χ1) is 24.3. The van der Waals surface area contributed by atoms with Gasteiger partial charge in [-0.05, 0) is 116 Å². The maximum Gasteiger partial charge on any atom is 0.411 e. The van der Waals surface area contributed by atoms with Crippen LogP contribution in [-0.4, -0.2) is 62.3 Å². The van der Waals surface area contributed by atoms with Crippen LogP contribution in [0.5, 0.6) is 0 Å². The molecule has 3 heterocycles. The van der Waals surface area contributed by atoms with Crippen molar-refractivity contribution in [1.82, 2.24) is 25.1 Å². The van der Waals surface area contributed by atoms with Crippen molar-refractivity contribution in [3.63, 3.8) is 0 Å². The Bertz CT molecular complexity index is 1960. The van der Waals surface area contributed by atoms with E-state index in [4.69, 9.17) is 20.9 Å². The zero-order valence-corrected chi connectivity index (χ0v) is 34.5. The standard InChI is InChI=1S/C41H55N5O4S2/c1-15-19-45(38(47)49-40(9,10)11)27(8)37-42-23-31(44-37)34-22-29-25(6)35-28(24(5)36(29)52-34)21-33(51-35)30(17-3)43-26(7)32(18-4)46(20-16-2)39(48)50-41(12,13)14/h4,17,21-23,27,32,43H,7,15-16,19-20H2,1-3,5-6,8-14H3,(H,42,44)/b30-17-/t27-,32-/m0/s1. The van der Waals surface area contributed by atoms with E-state index in [1.54, 1.807) is 32.5 Å². The number of thiophene rings is 2. The van der Waals surface area contributed by atoms with Gasteiger partial charge in [-0.25, -0.2) is 14.6 Å². The third-order valence-corrected chi connectivity index (χ3v) is 11.1. The van der Waals surface area contributed by atoms with Crippen molar-refractivity contribution in [3.05, 3.63) is 58.5 Å². The number of carbonyl (C=O) groups excluding carboxylic acids is 2. The molecule has 0 spiro atoms. The Kier molecular flexibility index (Phi) is 12.6. The van der Waals surface area contributed by atoms with Crippen LogP contribution in [0.1, 0.15) is 110 Å². The minimum Gasteiger partial charge on any atom is -0.444 e. The van der Waals surface area contributed by atoms with Crippen molar-refractivity contribution in [2.24, 2.45) is 0 Å². The van der Waals surface area contributed by atoms with Crippen molar-refractivity contribution in [2.45, 2.75) is 119 Å². The second kappa shape index (κ2) is 16.2. The minimum absolute atomic E-state index is 0.279. The number of aromatic nitrogens is 2. The third-order valence-electron chi connectivity index (χ3n) is 8.51. The molecule has 0 radical (unpaired) electrons. The molecule has 2 amide bonds. The summed E-state index contributed by atoms with van der Waals surface area (Å²) >= 11 is 3.44. The Morgan fingerprint density at radius 1 is 0.981 bits per heavy atom. The van der Waals surface area contributed by atoms with Gasteiger partial charge in [0.1, 0.15) is 23.1 Å². The minimum atomic E-state index is -0.690. The Balaban J connectivity index is 1.62. The normalized spacial score (nSPS) is 13.5. The van der Waals surface area contributed by atoms with Gasteiger partial charge >= 0.3 is 12.2 Å². The van der Waals surface area contributed by atoms with E-state index in [0.29, 0.717) is 18.8 Å². The lowest BCUT2D eigenvalue weighted by Gasteiger charge is -2.32. The zero-order chi connectivity index (χ0) is 38.7. The number of aryl methyl sites for hydroxylation is 2. The molecule has 0 saturated heterocycles. The van der Waals surface area contributed by atoms with Gasteiger partial charge < -0.3 is 19.8 Å². The van der Waals surface area contributed by atoms with Crippen molar-refractivity contribution >= 4 is 60.7 Å². The number of aromatic amines is 1. The van der Waals surface area contributed by atoms with E-state index < -0.39 is 23.3 Å². The summed E-state index contributed by atoms with van der Waals surface area (Å²) in [5.74, 6) is 3.48. The summed E-state index contributed by atoms with van der Waals surface area (Å²) in [5, 5.41) is 5.83. The number of nitrogens with zero attached hydrogens (tertiary/aromatic N) is 3. The number of allylic oxidation sites excluding steroid dienone is 1. The molecule has 3 aromatic heterocycles. The zero-order valence-electron chi connectivity index (χ0n) is 32.9. The quantitative estimate of drug-likeness (QED) is 0.140. The lowest BCUT2D eigenvalue weighted by molar-refractivity contribution is 0.0165. The monoisotopic (exact) mass is 745 g/mol. The lowest BCUT2D eigenvalue weighted by atomic mass is 10.0. The number of hydrogen-bond acceptors (Lipinski definition) is 8. The number of carbonyl (C=O) groups is 2. The van der Waals surface area contributed by atoms with Gasteiger partial charge in [-0.3, -0.25) is 9.80 Å². The third kappa shape index (κ3) is 9.02. The van der Waals surface area contributed by atoms with Crippen LogP contribution in [0.2, 0.25) is 0 Å². The maximum absolute atomic E-state index is 13.1. The van der Waals surface area contributed by atoms with Crippen LogP contribution in [0.3, 0.4) is 0 Å². The molecule has 280 valence electrons. The first-order valence-corrected chi connectivity index (χ1v) is 19.6. The fraction of sp³-hybridized carbons (Fsp3) is 0.488. The smallest absolute Gasteiger partial charge is 0.411 e. The van der Waals surface area contributed by atoms with Crippen LogP contribution in [0.25, 0.3) is 36.4 Å². The Labute approximate surface area is 317 Å². The summed E-state index contributed by atoms with van der Waals surface area (Å²) in [4.78, 5) is 39.8. The van der Waals surface area contributed by atoms with Crippen LogP contribution in [0.4, 0.5) is 9.59 Å². The molecule has 0 unspecified atom stereocenters. The lowest BCUT2D eigenvalue weighted by Crippen LogP contribution is -2.45. The first-order valence-electron chi connectivity index (χ1n) is 17.9. The van der Waals surface area contributed by atoms with Crippen molar-refractivity contribution in [3.8, 4) is 22.9 Å². The maximum atomic E-state index is 13.1. The molecule has 0 aliphatic carbocycles. The van der Waals surface area contributed by atoms with Gasteiger partial charge in [-0.2, -0.15) is 0 Å². The van der Waals surface area contributed by atoms with Gasteiger partial charge in [0, 0.05) is 28.2 Å². The summed E-state index contributed by atoms with van der Waals surface area (Å²) in [6.07, 6.45) is 10.6. The highest BCUT2D eigenvalue weighted by molar-refractivity contribution is 7.23. The van der Waals surface area contributed by atoms with E-state index >= 15 is 0 Å². The predicted molar refractivity (Wildman–Crippen MR) is 218 cm³/mol. The number of rotatable bonds is 12. The van der Waals surface area contributed by atoms with E-state index in [1.165, 1.54) is 31.3 Å². The van der Waals surface area contributed by atoms with E-state index in [1.807, 2.05) is 81.5 Å². The van der Waals surface area contributed by atoms with Gasteiger partial charge in [0.2, 0.25) is 0 Å². The fourth-order valence-electron chi connectivity index (χ4n) is 6.02. The van der Waals surface area contributed by atoms with Crippen LogP contribution in [0.15, 0.2) is 36.7 Å². The highest BCUT2D eigenvalue weighted by Gasteiger charge is 2.30. The molecule has 0 aliphatic heterocycles. The molecule has 11 heteroatoms. The molecule has 1 aromatic carbocycles. The number of terminal acetylenes is 1. The van der Waals surface area contributed by atoms with E-state index in [9.17, 15) is 9.59 Å². The summed E-state index contributed by atoms with van der Waals surface area (Å²) in [7, 11) is 0. The number of amides is 2.